The first kappa shape index (κ1) is 13.5. The molecule has 6 heteroatoms. The SMILES string of the molecule is CSC(N)=Nc1cccc(CC(N)C(=O)O)c1. The second-order valence-corrected chi connectivity index (χ2v) is 4.30. The van der Waals surface area contributed by atoms with Crippen molar-refractivity contribution in [1.29, 1.82) is 0 Å². The minimum absolute atomic E-state index is 0.276. The number of aliphatic carboxylic acids is 1. The molecule has 17 heavy (non-hydrogen) atoms. The number of carbonyl (C=O) groups is 1. The van der Waals surface area contributed by atoms with Crippen molar-refractivity contribution in [3.05, 3.63) is 29.8 Å². The molecule has 92 valence electrons. The molecule has 0 aromatic heterocycles. The van der Waals surface area contributed by atoms with Gasteiger partial charge in [-0.15, -0.1) is 0 Å². The van der Waals surface area contributed by atoms with E-state index in [1.54, 1.807) is 18.2 Å². The summed E-state index contributed by atoms with van der Waals surface area (Å²) in [7, 11) is 0. The topological polar surface area (TPSA) is 102 Å². The van der Waals surface area contributed by atoms with E-state index in [-0.39, 0.29) is 6.42 Å². The van der Waals surface area contributed by atoms with Gasteiger partial charge < -0.3 is 16.6 Å². The van der Waals surface area contributed by atoms with Crippen LogP contribution in [0.3, 0.4) is 0 Å². The van der Waals surface area contributed by atoms with Crippen LogP contribution in [0, 0.1) is 0 Å². The van der Waals surface area contributed by atoms with Crippen molar-refractivity contribution >= 4 is 28.6 Å². The molecule has 1 unspecified atom stereocenters. The van der Waals surface area contributed by atoms with Crippen LogP contribution in [0.5, 0.6) is 0 Å². The summed E-state index contributed by atoms with van der Waals surface area (Å²) in [6.45, 7) is 0. The first-order valence-corrected chi connectivity index (χ1v) is 6.21. The number of hydrogen-bond acceptors (Lipinski definition) is 4. The lowest BCUT2D eigenvalue weighted by molar-refractivity contribution is -0.138. The molecular formula is C11H15N3O2S. The zero-order valence-corrected chi connectivity index (χ0v) is 10.3. The Hall–Kier alpha value is -1.53. The molecule has 0 bridgehead atoms. The van der Waals surface area contributed by atoms with Gasteiger partial charge >= 0.3 is 5.97 Å². The summed E-state index contributed by atoms with van der Waals surface area (Å²) in [4.78, 5) is 14.8. The smallest absolute Gasteiger partial charge is 0.320 e. The van der Waals surface area contributed by atoms with Crippen LogP contribution in [0.1, 0.15) is 5.56 Å². The Morgan fingerprint density at radius 2 is 2.29 bits per heavy atom. The molecular weight excluding hydrogens is 238 g/mol. The number of aliphatic imine (C=N–C) groups is 1. The van der Waals surface area contributed by atoms with Gasteiger partial charge in [0.1, 0.15) is 6.04 Å². The fourth-order valence-electron chi connectivity index (χ4n) is 1.27. The van der Waals surface area contributed by atoms with Crippen LogP contribution in [-0.4, -0.2) is 28.5 Å². The van der Waals surface area contributed by atoms with Crippen molar-refractivity contribution in [1.82, 2.24) is 0 Å². The van der Waals surface area contributed by atoms with Crippen LogP contribution in [0.15, 0.2) is 29.3 Å². The molecule has 5 nitrogen and oxygen atoms in total. The van der Waals surface area contributed by atoms with Crippen LogP contribution in [-0.2, 0) is 11.2 Å². The first-order valence-electron chi connectivity index (χ1n) is 4.98. The van der Waals surface area contributed by atoms with E-state index in [1.807, 2.05) is 12.3 Å². The number of amidine groups is 1. The molecule has 0 fully saturated rings. The minimum Gasteiger partial charge on any atom is -0.480 e. The van der Waals surface area contributed by atoms with Crippen LogP contribution < -0.4 is 11.5 Å². The third-order valence-electron chi connectivity index (χ3n) is 2.13. The van der Waals surface area contributed by atoms with Gasteiger partial charge in [0.05, 0.1) is 5.69 Å². The van der Waals surface area contributed by atoms with Gasteiger partial charge in [0.15, 0.2) is 5.17 Å². The van der Waals surface area contributed by atoms with E-state index in [9.17, 15) is 4.79 Å². The predicted octanol–water partition coefficient (Wildman–Crippen LogP) is 0.950. The van der Waals surface area contributed by atoms with Crippen molar-refractivity contribution in [2.75, 3.05) is 6.26 Å². The van der Waals surface area contributed by atoms with Gasteiger partial charge in [-0.25, -0.2) is 4.99 Å². The van der Waals surface area contributed by atoms with E-state index < -0.39 is 12.0 Å². The fraction of sp³-hybridized carbons (Fsp3) is 0.273. The molecule has 0 spiro atoms. The summed E-state index contributed by atoms with van der Waals surface area (Å²) < 4.78 is 0. The molecule has 1 aromatic rings. The van der Waals surface area contributed by atoms with Crippen molar-refractivity contribution in [2.24, 2.45) is 16.5 Å². The maximum absolute atomic E-state index is 10.6. The Balaban J connectivity index is 2.83. The van der Waals surface area contributed by atoms with Gasteiger partial charge in [0.2, 0.25) is 0 Å². The quantitative estimate of drug-likeness (QED) is 0.547. The second-order valence-electron chi connectivity index (χ2n) is 3.47. The molecule has 0 aliphatic carbocycles. The first-order chi connectivity index (χ1) is 8.02. The Kier molecular flexibility index (Phi) is 4.99. The molecule has 0 amide bonds. The largest absolute Gasteiger partial charge is 0.480 e. The third-order valence-corrected chi connectivity index (χ3v) is 2.64. The highest BCUT2D eigenvalue weighted by Crippen LogP contribution is 2.16. The predicted molar refractivity (Wildman–Crippen MR) is 70.6 cm³/mol. The number of thioether (sulfide) groups is 1. The molecule has 1 atom stereocenters. The van der Waals surface area contributed by atoms with Gasteiger partial charge in [-0.2, -0.15) is 0 Å². The molecule has 0 aliphatic heterocycles. The van der Waals surface area contributed by atoms with Crippen molar-refractivity contribution in [2.45, 2.75) is 12.5 Å². The number of nitrogens with zero attached hydrogens (tertiary/aromatic N) is 1. The highest BCUT2D eigenvalue weighted by atomic mass is 32.2. The number of rotatable bonds is 4. The number of hydrogen-bond donors (Lipinski definition) is 3. The number of benzene rings is 1. The van der Waals surface area contributed by atoms with Gasteiger partial charge in [0, 0.05) is 0 Å². The summed E-state index contributed by atoms with van der Waals surface area (Å²) >= 11 is 1.35. The van der Waals surface area contributed by atoms with E-state index >= 15 is 0 Å². The van der Waals surface area contributed by atoms with E-state index in [2.05, 4.69) is 4.99 Å². The van der Waals surface area contributed by atoms with E-state index in [0.29, 0.717) is 10.9 Å². The zero-order valence-electron chi connectivity index (χ0n) is 9.46. The molecule has 0 saturated heterocycles. The van der Waals surface area contributed by atoms with Crippen LogP contribution in [0.25, 0.3) is 0 Å². The fourth-order valence-corrected chi connectivity index (χ4v) is 1.46. The molecule has 0 aliphatic rings. The Morgan fingerprint density at radius 3 is 2.88 bits per heavy atom. The van der Waals surface area contributed by atoms with Gasteiger partial charge in [0.25, 0.3) is 0 Å². The maximum Gasteiger partial charge on any atom is 0.320 e. The highest BCUT2D eigenvalue weighted by Gasteiger charge is 2.11. The average molecular weight is 253 g/mol. The van der Waals surface area contributed by atoms with Crippen LogP contribution in [0.4, 0.5) is 5.69 Å². The zero-order chi connectivity index (χ0) is 12.8. The number of carboxylic acid groups (broad SMARTS) is 1. The van der Waals surface area contributed by atoms with E-state index in [0.717, 1.165) is 5.56 Å². The van der Waals surface area contributed by atoms with E-state index in [4.69, 9.17) is 16.6 Å². The summed E-state index contributed by atoms with van der Waals surface area (Å²) in [6.07, 6.45) is 2.11. The summed E-state index contributed by atoms with van der Waals surface area (Å²) in [5, 5.41) is 9.18. The summed E-state index contributed by atoms with van der Waals surface area (Å²) in [5.74, 6) is -1.01. The normalized spacial score (nSPS) is 13.4. The van der Waals surface area contributed by atoms with Crippen molar-refractivity contribution in [3.8, 4) is 0 Å². The third kappa shape index (κ3) is 4.46. The highest BCUT2D eigenvalue weighted by molar-refractivity contribution is 8.13. The Morgan fingerprint density at radius 1 is 1.59 bits per heavy atom. The molecule has 1 aromatic carbocycles. The molecule has 1 rings (SSSR count). The maximum atomic E-state index is 10.6. The van der Waals surface area contributed by atoms with Crippen molar-refractivity contribution < 1.29 is 9.90 Å². The number of nitrogens with two attached hydrogens (primary N) is 2. The summed E-state index contributed by atoms with van der Waals surface area (Å²) in [5.41, 5.74) is 12.6. The van der Waals surface area contributed by atoms with Crippen molar-refractivity contribution in [3.63, 3.8) is 0 Å². The van der Waals surface area contributed by atoms with Gasteiger partial charge in [-0.1, -0.05) is 23.9 Å². The minimum atomic E-state index is -1.01. The molecule has 0 heterocycles. The van der Waals surface area contributed by atoms with Crippen LogP contribution in [0.2, 0.25) is 0 Å². The lowest BCUT2D eigenvalue weighted by Crippen LogP contribution is -2.32. The van der Waals surface area contributed by atoms with Crippen LogP contribution >= 0.6 is 11.8 Å². The molecule has 0 saturated carbocycles. The lowest BCUT2D eigenvalue weighted by atomic mass is 10.1. The second kappa shape index (κ2) is 6.27. The van der Waals surface area contributed by atoms with E-state index in [1.165, 1.54) is 11.8 Å². The standard InChI is InChI=1S/C11H15N3O2S/c1-17-11(13)14-8-4-2-3-7(5-8)6-9(12)10(15)16/h2-5,9H,6,12H2,1H3,(H2,13,14)(H,15,16). The Bertz CT molecular complexity index is 434. The molecule has 0 radical (unpaired) electrons. The Labute approximate surface area is 104 Å². The summed E-state index contributed by atoms with van der Waals surface area (Å²) in [6, 6.07) is 6.31. The monoisotopic (exact) mass is 253 g/mol. The van der Waals surface area contributed by atoms with Gasteiger partial charge in [-0.3, -0.25) is 4.79 Å². The average Bonchev–Trinajstić information content (AvgIpc) is 2.29. The van der Waals surface area contributed by atoms with Gasteiger partial charge in [-0.05, 0) is 30.4 Å². The number of carboxylic acids is 1. The molecule has 5 N–H and O–H groups in total. The lowest BCUT2D eigenvalue weighted by Gasteiger charge is -2.06.